The number of aliphatic imine (C=N–C) groups is 1. The van der Waals surface area contributed by atoms with Crippen LogP contribution in [0.1, 0.15) is 64.4 Å². The molecule has 154 valence electrons. The van der Waals surface area contributed by atoms with Gasteiger partial charge in [0.25, 0.3) is 0 Å². The van der Waals surface area contributed by atoms with Crippen LogP contribution < -0.4 is 15.4 Å². The number of hydrogen-bond donors (Lipinski definition) is 2. The lowest BCUT2D eigenvalue weighted by Crippen LogP contribution is -2.47. The van der Waals surface area contributed by atoms with Crippen molar-refractivity contribution in [1.82, 2.24) is 15.6 Å². The Balaban J connectivity index is 1.34. The number of nitrogens with zero attached hydrogens (tertiary/aromatic N) is 2. The molecule has 0 aromatic carbocycles. The Morgan fingerprint density at radius 1 is 1.25 bits per heavy atom. The fourth-order valence-electron chi connectivity index (χ4n) is 4.59. The lowest BCUT2D eigenvalue weighted by atomic mass is 9.89. The largest absolute Gasteiger partial charge is 0.474 e. The van der Waals surface area contributed by atoms with Gasteiger partial charge in [-0.25, -0.2) is 9.98 Å². The van der Waals surface area contributed by atoms with E-state index >= 15 is 0 Å². The molecule has 6 heteroatoms. The Labute approximate surface area is 168 Å². The van der Waals surface area contributed by atoms with Crippen molar-refractivity contribution >= 4 is 5.96 Å². The molecule has 0 radical (unpaired) electrons. The molecule has 3 unspecified atom stereocenters. The molecule has 1 saturated carbocycles. The summed E-state index contributed by atoms with van der Waals surface area (Å²) in [6.45, 7) is 5.87. The Bertz CT molecular complexity index is 672. The van der Waals surface area contributed by atoms with E-state index in [0.717, 1.165) is 55.5 Å². The summed E-state index contributed by atoms with van der Waals surface area (Å²) in [6.07, 6.45) is 11.1. The summed E-state index contributed by atoms with van der Waals surface area (Å²) in [6, 6.07) is 4.43. The summed E-state index contributed by atoms with van der Waals surface area (Å²) < 4.78 is 12.1. The van der Waals surface area contributed by atoms with Crippen LogP contribution in [0, 0.1) is 5.92 Å². The lowest BCUT2D eigenvalue weighted by molar-refractivity contribution is 0.0992. The van der Waals surface area contributed by atoms with Crippen molar-refractivity contribution in [2.45, 2.75) is 89.7 Å². The maximum Gasteiger partial charge on any atom is 0.213 e. The molecule has 1 aromatic heterocycles. The van der Waals surface area contributed by atoms with E-state index in [-0.39, 0.29) is 0 Å². The van der Waals surface area contributed by atoms with E-state index in [1.54, 1.807) is 0 Å². The molecule has 1 aliphatic carbocycles. The number of fused-ring (bicyclic) bond motifs is 2. The summed E-state index contributed by atoms with van der Waals surface area (Å²) >= 11 is 0. The second-order valence-corrected chi connectivity index (χ2v) is 8.56. The topological polar surface area (TPSA) is 67.8 Å². The van der Waals surface area contributed by atoms with Crippen LogP contribution in [0.25, 0.3) is 0 Å². The Morgan fingerprint density at radius 2 is 2.11 bits per heavy atom. The second kappa shape index (κ2) is 9.12. The maximum atomic E-state index is 6.13. The van der Waals surface area contributed by atoms with Crippen LogP contribution in [0.15, 0.2) is 23.3 Å². The first-order chi connectivity index (χ1) is 13.7. The van der Waals surface area contributed by atoms with Gasteiger partial charge in [0.2, 0.25) is 5.88 Å². The van der Waals surface area contributed by atoms with Crippen molar-refractivity contribution in [3.8, 4) is 5.88 Å². The third kappa shape index (κ3) is 4.96. The molecule has 6 nitrogen and oxygen atoms in total. The van der Waals surface area contributed by atoms with Gasteiger partial charge >= 0.3 is 0 Å². The SMILES string of the molecule is CCNC(=NCc1ccnc(OC2CCC(C)CC2)c1)NC1CC2CCC1O2. The Hall–Kier alpha value is -1.82. The summed E-state index contributed by atoms with van der Waals surface area (Å²) in [5.41, 5.74) is 1.12. The second-order valence-electron chi connectivity index (χ2n) is 8.56. The predicted molar refractivity (Wildman–Crippen MR) is 111 cm³/mol. The maximum absolute atomic E-state index is 6.13. The zero-order chi connectivity index (χ0) is 19.3. The normalized spacial score (nSPS) is 32.4. The summed E-state index contributed by atoms with van der Waals surface area (Å²) in [5.74, 6) is 2.42. The van der Waals surface area contributed by atoms with Crippen LogP contribution in [-0.2, 0) is 11.3 Å². The highest BCUT2D eigenvalue weighted by Crippen LogP contribution is 2.34. The first-order valence-corrected chi connectivity index (χ1v) is 11.0. The zero-order valence-corrected chi connectivity index (χ0v) is 17.2. The predicted octanol–water partition coefficient (Wildman–Crippen LogP) is 3.41. The quantitative estimate of drug-likeness (QED) is 0.579. The minimum atomic E-state index is 0.305. The van der Waals surface area contributed by atoms with E-state index < -0.39 is 0 Å². The highest BCUT2D eigenvalue weighted by molar-refractivity contribution is 5.80. The van der Waals surface area contributed by atoms with Gasteiger partial charge in [-0.2, -0.15) is 0 Å². The first-order valence-electron chi connectivity index (χ1n) is 11.0. The van der Waals surface area contributed by atoms with Crippen molar-refractivity contribution in [3.05, 3.63) is 23.9 Å². The van der Waals surface area contributed by atoms with Gasteiger partial charge in [0.1, 0.15) is 6.10 Å². The minimum absolute atomic E-state index is 0.305. The van der Waals surface area contributed by atoms with Gasteiger partial charge in [-0.05, 0) is 69.4 Å². The van der Waals surface area contributed by atoms with E-state index in [0.29, 0.717) is 30.9 Å². The molecule has 3 aliphatic rings. The van der Waals surface area contributed by atoms with Crippen LogP contribution in [0.5, 0.6) is 5.88 Å². The van der Waals surface area contributed by atoms with Gasteiger partial charge < -0.3 is 20.1 Å². The smallest absolute Gasteiger partial charge is 0.213 e. The van der Waals surface area contributed by atoms with Crippen molar-refractivity contribution in [2.75, 3.05) is 6.54 Å². The molecule has 0 amide bonds. The average molecular weight is 387 g/mol. The number of aromatic nitrogens is 1. The van der Waals surface area contributed by atoms with E-state index in [9.17, 15) is 0 Å². The summed E-state index contributed by atoms with van der Waals surface area (Å²) in [5, 5.41) is 6.93. The molecular formula is C22H34N4O2. The van der Waals surface area contributed by atoms with Crippen LogP contribution >= 0.6 is 0 Å². The van der Waals surface area contributed by atoms with Crippen LogP contribution in [0.3, 0.4) is 0 Å². The summed E-state index contributed by atoms with van der Waals surface area (Å²) in [4.78, 5) is 9.19. The molecule has 3 fully saturated rings. The van der Waals surface area contributed by atoms with Gasteiger partial charge in [0, 0.05) is 18.8 Å². The summed E-state index contributed by atoms with van der Waals surface area (Å²) in [7, 11) is 0. The van der Waals surface area contributed by atoms with E-state index in [2.05, 4.69) is 29.5 Å². The lowest BCUT2D eigenvalue weighted by Gasteiger charge is -2.26. The Morgan fingerprint density at radius 3 is 2.82 bits per heavy atom. The monoisotopic (exact) mass is 386 g/mol. The fourth-order valence-corrected chi connectivity index (χ4v) is 4.59. The molecule has 2 aliphatic heterocycles. The molecule has 3 atom stereocenters. The molecule has 2 saturated heterocycles. The average Bonchev–Trinajstić information content (AvgIpc) is 3.32. The molecule has 4 rings (SSSR count). The highest BCUT2D eigenvalue weighted by atomic mass is 16.5. The van der Waals surface area contributed by atoms with Gasteiger partial charge in [0.15, 0.2) is 5.96 Å². The van der Waals surface area contributed by atoms with Crippen molar-refractivity contribution in [2.24, 2.45) is 10.9 Å². The van der Waals surface area contributed by atoms with Crippen LogP contribution in [0.4, 0.5) is 0 Å². The molecule has 28 heavy (non-hydrogen) atoms. The van der Waals surface area contributed by atoms with E-state index in [1.165, 1.54) is 19.3 Å². The fraction of sp³-hybridized carbons (Fsp3) is 0.727. The molecule has 2 bridgehead atoms. The van der Waals surface area contributed by atoms with Gasteiger partial charge in [0.05, 0.1) is 24.8 Å². The van der Waals surface area contributed by atoms with Crippen molar-refractivity contribution < 1.29 is 9.47 Å². The molecule has 0 spiro atoms. The number of pyridine rings is 1. The number of nitrogens with one attached hydrogen (secondary N) is 2. The van der Waals surface area contributed by atoms with Crippen molar-refractivity contribution in [1.29, 1.82) is 0 Å². The van der Waals surface area contributed by atoms with Crippen LogP contribution in [0.2, 0.25) is 0 Å². The van der Waals surface area contributed by atoms with Gasteiger partial charge in [-0.3, -0.25) is 0 Å². The standard InChI is InChI=1S/C22H34N4O2/c1-3-23-22(26-19-13-18-8-9-20(19)27-18)25-14-16-10-11-24-21(12-16)28-17-6-4-15(2)5-7-17/h10-12,15,17-20H,3-9,13-14H2,1-2H3,(H2,23,25,26). The van der Waals surface area contributed by atoms with E-state index in [4.69, 9.17) is 14.5 Å². The molecular weight excluding hydrogens is 352 g/mol. The first kappa shape index (κ1) is 19.5. The van der Waals surface area contributed by atoms with Crippen molar-refractivity contribution in [3.63, 3.8) is 0 Å². The molecule has 3 heterocycles. The minimum Gasteiger partial charge on any atom is -0.474 e. The third-order valence-corrected chi connectivity index (χ3v) is 6.24. The highest BCUT2D eigenvalue weighted by Gasteiger charge is 2.41. The van der Waals surface area contributed by atoms with Crippen LogP contribution in [-0.4, -0.2) is 41.8 Å². The zero-order valence-electron chi connectivity index (χ0n) is 17.2. The van der Waals surface area contributed by atoms with E-state index in [1.807, 2.05) is 18.3 Å². The third-order valence-electron chi connectivity index (χ3n) is 6.24. The Kier molecular flexibility index (Phi) is 6.35. The number of guanidine groups is 1. The number of hydrogen-bond acceptors (Lipinski definition) is 4. The van der Waals surface area contributed by atoms with Gasteiger partial charge in [-0.15, -0.1) is 0 Å². The number of rotatable bonds is 6. The number of ether oxygens (including phenoxy) is 2. The van der Waals surface area contributed by atoms with Gasteiger partial charge in [-0.1, -0.05) is 6.92 Å². The molecule has 2 N–H and O–H groups in total. The molecule has 1 aromatic rings.